The predicted octanol–water partition coefficient (Wildman–Crippen LogP) is 3.25. The van der Waals surface area contributed by atoms with Crippen molar-refractivity contribution in [3.63, 3.8) is 0 Å². The van der Waals surface area contributed by atoms with Gasteiger partial charge in [0, 0.05) is 0 Å². The average molecular weight is 207 g/mol. The first kappa shape index (κ1) is 10.9. The summed E-state index contributed by atoms with van der Waals surface area (Å²) >= 11 is 4.60. The van der Waals surface area contributed by atoms with Gasteiger partial charge in [-0.25, -0.2) is 4.99 Å². The number of rotatable bonds is 4. The number of hydrogen-bond acceptors (Lipinski definition) is 3. The molecule has 1 aromatic carbocycles. The van der Waals surface area contributed by atoms with Gasteiger partial charge in [-0.2, -0.15) is 0 Å². The Hall–Kier alpha value is -1.18. The number of hydrogen-bond donors (Lipinski definition) is 0. The molecule has 0 heterocycles. The molecule has 14 heavy (non-hydrogen) atoms. The summed E-state index contributed by atoms with van der Waals surface area (Å²) < 4.78 is 5.08. The van der Waals surface area contributed by atoms with Crippen LogP contribution in [0.25, 0.3) is 0 Å². The van der Waals surface area contributed by atoms with Crippen LogP contribution in [0.4, 0.5) is 0 Å². The first-order valence-electron chi connectivity index (χ1n) is 4.52. The van der Waals surface area contributed by atoms with E-state index in [0.717, 1.165) is 17.7 Å². The van der Waals surface area contributed by atoms with Crippen LogP contribution in [0.3, 0.4) is 0 Å². The van der Waals surface area contributed by atoms with Gasteiger partial charge in [0.1, 0.15) is 5.75 Å². The lowest BCUT2D eigenvalue weighted by Crippen LogP contribution is -1.93. The lowest BCUT2D eigenvalue weighted by Gasteiger charge is -2.08. The second-order valence-electron chi connectivity index (χ2n) is 2.92. The first-order chi connectivity index (χ1) is 6.81. The van der Waals surface area contributed by atoms with Gasteiger partial charge >= 0.3 is 0 Å². The van der Waals surface area contributed by atoms with Crippen molar-refractivity contribution in [2.24, 2.45) is 4.99 Å². The Balaban J connectivity index is 2.88. The zero-order valence-electron chi connectivity index (χ0n) is 8.36. The summed E-state index contributed by atoms with van der Waals surface area (Å²) in [6.45, 7) is 2.07. The molecule has 0 spiro atoms. The van der Waals surface area contributed by atoms with E-state index in [2.05, 4.69) is 29.3 Å². The quantitative estimate of drug-likeness (QED) is 0.558. The minimum absolute atomic E-state index is 0.124. The molecule has 1 atom stereocenters. The molecule has 0 aliphatic carbocycles. The molecule has 0 saturated carbocycles. The maximum absolute atomic E-state index is 5.08. The largest absolute Gasteiger partial charge is 0.497 e. The lowest BCUT2D eigenvalue weighted by molar-refractivity contribution is 0.414. The molecular weight excluding hydrogens is 194 g/mol. The Morgan fingerprint density at radius 3 is 2.50 bits per heavy atom. The standard InChI is InChI=1S/C11H13NOS/c1-3-11(12-8-14)9-4-6-10(13-2)7-5-9/h4-7,11H,3H2,1-2H3. The van der Waals surface area contributed by atoms with Crippen LogP contribution < -0.4 is 4.74 Å². The van der Waals surface area contributed by atoms with E-state index in [1.165, 1.54) is 0 Å². The highest BCUT2D eigenvalue weighted by Crippen LogP contribution is 2.22. The summed E-state index contributed by atoms with van der Waals surface area (Å²) in [6.07, 6.45) is 0.927. The summed E-state index contributed by atoms with van der Waals surface area (Å²) in [6, 6.07) is 7.98. The zero-order valence-corrected chi connectivity index (χ0v) is 9.17. The van der Waals surface area contributed by atoms with Crippen molar-refractivity contribution >= 4 is 17.4 Å². The monoisotopic (exact) mass is 207 g/mol. The highest BCUT2D eigenvalue weighted by molar-refractivity contribution is 7.78. The van der Waals surface area contributed by atoms with Crippen molar-refractivity contribution in [1.82, 2.24) is 0 Å². The summed E-state index contributed by atoms with van der Waals surface area (Å²) in [4.78, 5) is 4.09. The van der Waals surface area contributed by atoms with Crippen LogP contribution in [0.15, 0.2) is 29.3 Å². The fraction of sp³-hybridized carbons (Fsp3) is 0.364. The molecule has 0 bridgehead atoms. The van der Waals surface area contributed by atoms with E-state index >= 15 is 0 Å². The number of methoxy groups -OCH3 is 1. The van der Waals surface area contributed by atoms with Crippen LogP contribution in [0.1, 0.15) is 24.9 Å². The Morgan fingerprint density at radius 1 is 1.43 bits per heavy atom. The summed E-state index contributed by atoms with van der Waals surface area (Å²) in [5, 5.41) is 2.42. The van der Waals surface area contributed by atoms with E-state index in [9.17, 15) is 0 Å². The van der Waals surface area contributed by atoms with Crippen LogP contribution in [-0.2, 0) is 0 Å². The molecule has 3 heteroatoms. The molecule has 1 rings (SSSR count). The van der Waals surface area contributed by atoms with Crippen molar-refractivity contribution in [3.05, 3.63) is 29.8 Å². The molecule has 74 valence electrons. The van der Waals surface area contributed by atoms with Gasteiger partial charge in [0.2, 0.25) is 0 Å². The van der Waals surface area contributed by atoms with Gasteiger partial charge < -0.3 is 4.74 Å². The highest BCUT2D eigenvalue weighted by Gasteiger charge is 2.06. The molecule has 1 aromatic rings. The fourth-order valence-electron chi connectivity index (χ4n) is 1.29. The number of ether oxygens (including phenoxy) is 1. The molecule has 0 aromatic heterocycles. The Labute approximate surface area is 89.6 Å². The van der Waals surface area contributed by atoms with Crippen LogP contribution >= 0.6 is 12.2 Å². The highest BCUT2D eigenvalue weighted by atomic mass is 32.1. The summed E-state index contributed by atoms with van der Waals surface area (Å²) in [7, 11) is 1.65. The smallest absolute Gasteiger partial charge is 0.118 e. The van der Waals surface area contributed by atoms with Crippen molar-refractivity contribution in [2.45, 2.75) is 19.4 Å². The van der Waals surface area contributed by atoms with Crippen LogP contribution in [0.2, 0.25) is 0 Å². The number of aliphatic imine (C=N–C) groups is 1. The maximum Gasteiger partial charge on any atom is 0.118 e. The summed E-state index contributed by atoms with van der Waals surface area (Å²) in [5.74, 6) is 0.856. The molecule has 0 aliphatic heterocycles. The molecule has 2 nitrogen and oxygen atoms in total. The van der Waals surface area contributed by atoms with Gasteiger partial charge in [0.05, 0.1) is 18.3 Å². The normalized spacial score (nSPS) is 11.6. The van der Waals surface area contributed by atoms with Crippen molar-refractivity contribution in [2.75, 3.05) is 7.11 Å². The van der Waals surface area contributed by atoms with Crippen molar-refractivity contribution in [1.29, 1.82) is 0 Å². The van der Waals surface area contributed by atoms with Gasteiger partial charge in [-0.15, -0.1) is 0 Å². The third-order valence-corrected chi connectivity index (χ3v) is 2.20. The second-order valence-corrected chi connectivity index (χ2v) is 3.10. The van der Waals surface area contributed by atoms with Crippen LogP contribution in [0.5, 0.6) is 5.75 Å². The SMILES string of the molecule is CCC(N=C=S)c1ccc(OC)cc1. The van der Waals surface area contributed by atoms with E-state index < -0.39 is 0 Å². The summed E-state index contributed by atoms with van der Waals surface area (Å²) in [5.41, 5.74) is 1.14. The number of isothiocyanates is 1. The van der Waals surface area contributed by atoms with Crippen molar-refractivity contribution in [3.8, 4) is 5.75 Å². The number of thiocarbonyl (C=S) groups is 1. The molecule has 0 fully saturated rings. The van der Waals surface area contributed by atoms with Gasteiger partial charge in [-0.05, 0) is 36.3 Å². The molecule has 0 amide bonds. The zero-order chi connectivity index (χ0) is 10.4. The van der Waals surface area contributed by atoms with Crippen LogP contribution in [0, 0.1) is 0 Å². The first-order valence-corrected chi connectivity index (χ1v) is 4.93. The van der Waals surface area contributed by atoms with Gasteiger partial charge in [-0.3, -0.25) is 0 Å². The van der Waals surface area contributed by atoms with Crippen LogP contribution in [-0.4, -0.2) is 12.3 Å². The van der Waals surface area contributed by atoms with Gasteiger partial charge in [-0.1, -0.05) is 19.1 Å². The van der Waals surface area contributed by atoms with Crippen molar-refractivity contribution < 1.29 is 4.74 Å². The minimum Gasteiger partial charge on any atom is -0.497 e. The Kier molecular flexibility index (Phi) is 4.30. The lowest BCUT2D eigenvalue weighted by atomic mass is 10.1. The van der Waals surface area contributed by atoms with Gasteiger partial charge in [0.25, 0.3) is 0 Å². The Bertz CT molecular complexity index is 328. The molecule has 0 saturated heterocycles. The average Bonchev–Trinajstić information content (AvgIpc) is 2.26. The molecule has 0 aliphatic rings. The van der Waals surface area contributed by atoms with E-state index in [0.29, 0.717) is 0 Å². The number of benzene rings is 1. The second kappa shape index (κ2) is 5.53. The Morgan fingerprint density at radius 2 is 2.07 bits per heavy atom. The number of nitrogens with zero attached hydrogens (tertiary/aromatic N) is 1. The van der Waals surface area contributed by atoms with E-state index in [1.54, 1.807) is 7.11 Å². The molecule has 1 unspecified atom stereocenters. The van der Waals surface area contributed by atoms with E-state index in [-0.39, 0.29) is 6.04 Å². The maximum atomic E-state index is 5.08. The van der Waals surface area contributed by atoms with E-state index in [1.807, 2.05) is 24.3 Å². The fourth-order valence-corrected chi connectivity index (χ4v) is 1.42. The predicted molar refractivity (Wildman–Crippen MR) is 61.1 cm³/mol. The topological polar surface area (TPSA) is 21.6 Å². The van der Waals surface area contributed by atoms with E-state index in [4.69, 9.17) is 4.74 Å². The third-order valence-electron chi connectivity index (χ3n) is 2.10. The molecular formula is C11H13NOS. The third kappa shape index (κ3) is 2.66. The molecule has 0 radical (unpaired) electrons. The molecule has 0 N–H and O–H groups in total. The van der Waals surface area contributed by atoms with Gasteiger partial charge in [0.15, 0.2) is 0 Å². The minimum atomic E-state index is 0.124.